The Kier molecular flexibility index (Phi) is 6.21. The standard InChI is InChI=1S/C31H37FO6/c1-4-5-27-37-26-15-23-22-11-6-18-14-20(33)12-13-29(18,2)28(22)24(34)16-30(23,3)31(26,38-27)25(35)17-36-21-9-7-19(32)8-10-21/h7-10,12-14,22-24,26-28,34H,4-6,11,15-17H2,1-3H3/t22-,23-,24-,26+,27+,28?,29-,30-,31+/m0/s1. The van der Waals surface area contributed by atoms with Crippen LogP contribution < -0.4 is 4.74 Å². The van der Waals surface area contributed by atoms with E-state index in [4.69, 9.17) is 14.2 Å². The molecule has 204 valence electrons. The van der Waals surface area contributed by atoms with Crippen LogP contribution in [-0.2, 0) is 19.1 Å². The zero-order valence-corrected chi connectivity index (χ0v) is 22.3. The fourth-order valence-corrected chi connectivity index (χ4v) is 8.79. The van der Waals surface area contributed by atoms with Crippen LogP contribution in [-0.4, -0.2) is 47.4 Å². The lowest BCUT2D eigenvalue weighted by Gasteiger charge is -2.59. The normalized spacial score (nSPS) is 43.1. The van der Waals surface area contributed by atoms with Crippen molar-refractivity contribution in [2.45, 2.75) is 83.4 Å². The first-order valence-electron chi connectivity index (χ1n) is 14.0. The molecule has 1 saturated heterocycles. The summed E-state index contributed by atoms with van der Waals surface area (Å²) in [5, 5.41) is 11.8. The van der Waals surface area contributed by atoms with Gasteiger partial charge >= 0.3 is 0 Å². The van der Waals surface area contributed by atoms with Crippen molar-refractivity contribution < 1.29 is 33.3 Å². The second-order valence-electron chi connectivity index (χ2n) is 12.3. The van der Waals surface area contributed by atoms with Crippen LogP contribution in [0.4, 0.5) is 4.39 Å². The van der Waals surface area contributed by atoms with Crippen molar-refractivity contribution >= 4 is 11.6 Å². The van der Waals surface area contributed by atoms with Crippen molar-refractivity contribution in [2.75, 3.05) is 6.61 Å². The van der Waals surface area contributed by atoms with Gasteiger partial charge in [0, 0.05) is 16.7 Å². The Hall–Kier alpha value is -2.35. The number of ketones is 2. The Morgan fingerprint density at radius 2 is 2.00 bits per heavy atom. The molecule has 4 aliphatic carbocycles. The van der Waals surface area contributed by atoms with E-state index in [1.807, 2.05) is 6.08 Å². The third-order valence-electron chi connectivity index (χ3n) is 10.4. The zero-order valence-electron chi connectivity index (χ0n) is 22.3. The van der Waals surface area contributed by atoms with Gasteiger partial charge in [-0.15, -0.1) is 0 Å². The molecule has 1 N–H and O–H groups in total. The highest BCUT2D eigenvalue weighted by Gasteiger charge is 2.75. The van der Waals surface area contributed by atoms with Crippen LogP contribution in [0.15, 0.2) is 48.1 Å². The number of hydrogen-bond donors (Lipinski definition) is 1. The number of rotatable bonds is 6. The van der Waals surface area contributed by atoms with Crippen LogP contribution in [0.1, 0.15) is 59.3 Å². The maximum absolute atomic E-state index is 14.1. The summed E-state index contributed by atoms with van der Waals surface area (Å²) in [6.07, 6.45) is 8.11. The molecule has 6 nitrogen and oxygen atoms in total. The Morgan fingerprint density at radius 1 is 1.24 bits per heavy atom. The highest BCUT2D eigenvalue weighted by atomic mass is 19.1. The average Bonchev–Trinajstić information content (AvgIpc) is 3.36. The third-order valence-corrected chi connectivity index (χ3v) is 10.4. The van der Waals surface area contributed by atoms with Gasteiger partial charge in [-0.2, -0.15) is 0 Å². The van der Waals surface area contributed by atoms with E-state index in [1.54, 1.807) is 12.2 Å². The molecule has 1 heterocycles. The predicted molar refractivity (Wildman–Crippen MR) is 138 cm³/mol. The molecule has 0 bridgehead atoms. The highest BCUT2D eigenvalue weighted by Crippen LogP contribution is 2.69. The van der Waals surface area contributed by atoms with Crippen molar-refractivity contribution in [3.8, 4) is 5.75 Å². The van der Waals surface area contributed by atoms with Gasteiger partial charge in [0.1, 0.15) is 18.2 Å². The number of Topliss-reactive ketones (excluding diaryl/α,β-unsaturated/α-hetero) is 1. The van der Waals surface area contributed by atoms with Gasteiger partial charge in [0.15, 0.2) is 17.7 Å². The molecule has 7 heteroatoms. The smallest absolute Gasteiger partial charge is 0.205 e. The molecule has 1 unspecified atom stereocenters. The lowest BCUT2D eigenvalue weighted by atomic mass is 9.46. The summed E-state index contributed by atoms with van der Waals surface area (Å²) in [5.41, 5.74) is -1.15. The summed E-state index contributed by atoms with van der Waals surface area (Å²) in [5.74, 6) is 0.0981. The second kappa shape index (κ2) is 9.10. The first kappa shape index (κ1) is 25.9. The molecular formula is C31H37FO6. The molecule has 4 fully saturated rings. The maximum atomic E-state index is 14.1. The SMILES string of the molecule is CCC[C@@H]1O[C@@H]2C[C@H]3[C@@H]4CCC5=CC(=O)C=C[C@]5(C)C4[C@@H](O)C[C@]3(C)[C@]2(C(=O)COc2ccc(F)cc2)O1. The van der Waals surface area contributed by atoms with E-state index >= 15 is 0 Å². The van der Waals surface area contributed by atoms with E-state index in [2.05, 4.69) is 20.8 Å². The number of carbonyl (C=O) groups excluding carboxylic acids is 2. The summed E-state index contributed by atoms with van der Waals surface area (Å²) >= 11 is 0. The van der Waals surface area contributed by atoms with Crippen LogP contribution in [0.2, 0.25) is 0 Å². The van der Waals surface area contributed by atoms with Gasteiger partial charge in [0.05, 0.1) is 12.2 Å². The number of allylic oxidation sites excluding steroid dienone is 4. The van der Waals surface area contributed by atoms with Crippen molar-refractivity contribution in [2.24, 2.45) is 28.6 Å². The number of halogens is 1. The monoisotopic (exact) mass is 524 g/mol. The number of ether oxygens (including phenoxy) is 3. The summed E-state index contributed by atoms with van der Waals surface area (Å²) in [7, 11) is 0. The van der Waals surface area contributed by atoms with Gasteiger partial charge in [0.2, 0.25) is 5.78 Å². The van der Waals surface area contributed by atoms with E-state index in [1.165, 1.54) is 24.3 Å². The van der Waals surface area contributed by atoms with Crippen LogP contribution in [0.5, 0.6) is 5.75 Å². The number of aliphatic hydroxyl groups is 1. The number of aliphatic hydroxyl groups excluding tert-OH is 1. The zero-order chi connectivity index (χ0) is 26.9. The summed E-state index contributed by atoms with van der Waals surface area (Å²) < 4.78 is 32.3. The Morgan fingerprint density at radius 3 is 2.74 bits per heavy atom. The molecule has 1 aliphatic heterocycles. The van der Waals surface area contributed by atoms with Gasteiger partial charge in [0.25, 0.3) is 0 Å². The fraction of sp³-hybridized carbons (Fsp3) is 0.613. The maximum Gasteiger partial charge on any atom is 0.205 e. The quantitative estimate of drug-likeness (QED) is 0.568. The van der Waals surface area contributed by atoms with E-state index in [-0.39, 0.29) is 47.2 Å². The van der Waals surface area contributed by atoms with Gasteiger partial charge in [-0.1, -0.05) is 38.8 Å². The highest BCUT2D eigenvalue weighted by molar-refractivity contribution is 6.01. The average molecular weight is 525 g/mol. The van der Waals surface area contributed by atoms with Gasteiger partial charge in [-0.05, 0) is 80.4 Å². The molecule has 6 rings (SSSR count). The molecule has 9 atom stereocenters. The summed E-state index contributed by atoms with van der Waals surface area (Å²) in [4.78, 5) is 26.3. The third kappa shape index (κ3) is 3.61. The minimum Gasteiger partial charge on any atom is -0.486 e. The van der Waals surface area contributed by atoms with Crippen molar-refractivity contribution in [3.63, 3.8) is 0 Å². The lowest BCUT2D eigenvalue weighted by molar-refractivity contribution is -0.200. The topological polar surface area (TPSA) is 82.1 Å². The Bertz CT molecular complexity index is 1190. The number of fused-ring (bicyclic) bond motifs is 7. The van der Waals surface area contributed by atoms with E-state index in [0.717, 1.165) is 24.8 Å². The van der Waals surface area contributed by atoms with Crippen molar-refractivity contribution in [1.29, 1.82) is 0 Å². The summed E-state index contributed by atoms with van der Waals surface area (Å²) in [6.45, 7) is 6.08. The molecule has 5 aliphatic rings. The molecule has 1 aromatic carbocycles. The molecule has 38 heavy (non-hydrogen) atoms. The molecule has 0 spiro atoms. The molecule has 3 saturated carbocycles. The van der Waals surface area contributed by atoms with Gasteiger partial charge < -0.3 is 19.3 Å². The Labute approximate surface area is 223 Å². The first-order chi connectivity index (χ1) is 18.1. The fourth-order valence-electron chi connectivity index (χ4n) is 8.79. The number of carbonyl (C=O) groups is 2. The molecule has 0 aromatic heterocycles. The van der Waals surface area contributed by atoms with E-state index in [0.29, 0.717) is 25.0 Å². The molecule has 0 radical (unpaired) electrons. The number of hydrogen-bond acceptors (Lipinski definition) is 6. The van der Waals surface area contributed by atoms with Gasteiger partial charge in [-0.25, -0.2) is 4.39 Å². The number of benzene rings is 1. The minimum atomic E-state index is -1.22. The Balaban J connectivity index is 1.34. The second-order valence-corrected chi connectivity index (χ2v) is 12.3. The minimum absolute atomic E-state index is 0.0101. The lowest BCUT2D eigenvalue weighted by Crippen LogP contribution is -2.63. The molecular weight excluding hydrogens is 487 g/mol. The van der Waals surface area contributed by atoms with E-state index < -0.39 is 29.5 Å². The van der Waals surface area contributed by atoms with Crippen molar-refractivity contribution in [3.05, 3.63) is 53.9 Å². The van der Waals surface area contributed by atoms with Crippen molar-refractivity contribution in [1.82, 2.24) is 0 Å². The first-order valence-corrected chi connectivity index (χ1v) is 14.0. The van der Waals surface area contributed by atoms with Gasteiger partial charge in [-0.3, -0.25) is 9.59 Å². The van der Waals surface area contributed by atoms with Crippen LogP contribution in [0, 0.1) is 34.4 Å². The predicted octanol–water partition coefficient (Wildman–Crippen LogP) is 4.94. The van der Waals surface area contributed by atoms with Crippen LogP contribution in [0.3, 0.4) is 0 Å². The largest absolute Gasteiger partial charge is 0.486 e. The van der Waals surface area contributed by atoms with Crippen LogP contribution >= 0.6 is 0 Å². The van der Waals surface area contributed by atoms with E-state index in [9.17, 15) is 19.1 Å². The molecule has 0 amide bonds. The molecule has 1 aromatic rings. The van der Waals surface area contributed by atoms with Crippen LogP contribution in [0.25, 0.3) is 0 Å². The summed E-state index contributed by atoms with van der Waals surface area (Å²) in [6, 6.07) is 5.62.